The Balaban J connectivity index is 2.20. The number of rotatable bonds is 2. The van der Waals surface area contributed by atoms with Crippen LogP contribution < -0.4 is 5.32 Å². The Kier molecular flexibility index (Phi) is 2.90. The van der Waals surface area contributed by atoms with Gasteiger partial charge in [0.25, 0.3) is 0 Å². The van der Waals surface area contributed by atoms with Crippen molar-refractivity contribution in [3.05, 3.63) is 22.5 Å². The second-order valence-electron chi connectivity index (χ2n) is 3.28. The van der Waals surface area contributed by atoms with E-state index in [0.29, 0.717) is 12.3 Å². The summed E-state index contributed by atoms with van der Waals surface area (Å²) < 4.78 is 5.79. The molecule has 0 radical (unpaired) electrons. The van der Waals surface area contributed by atoms with Gasteiger partial charge >= 0.3 is 5.97 Å². The summed E-state index contributed by atoms with van der Waals surface area (Å²) in [5.41, 5.74) is 0.504. The van der Waals surface area contributed by atoms with Crippen molar-refractivity contribution in [3.8, 4) is 0 Å². The van der Waals surface area contributed by atoms with Crippen LogP contribution in [-0.4, -0.2) is 24.8 Å². The number of halogens is 1. The number of hydrogen-bond donors (Lipinski definition) is 1. The highest BCUT2D eigenvalue weighted by Gasteiger charge is 2.35. The van der Waals surface area contributed by atoms with E-state index in [1.165, 1.54) is 0 Å². The number of fused-ring (bicyclic) bond motifs is 1. The van der Waals surface area contributed by atoms with Crippen LogP contribution in [0.5, 0.6) is 0 Å². The molecule has 5 heteroatoms. The second-order valence-corrected chi connectivity index (χ2v) is 4.13. The number of hydrogen-bond acceptors (Lipinski definition) is 4. The van der Waals surface area contributed by atoms with Crippen LogP contribution in [-0.2, 0) is 9.53 Å². The fraction of sp³-hybridized carbons (Fsp3) is 0.400. The summed E-state index contributed by atoms with van der Waals surface area (Å²) in [6.07, 6.45) is 5.48. The molecule has 2 unspecified atom stereocenters. The summed E-state index contributed by atoms with van der Waals surface area (Å²) in [6, 6.07) is 0.0591. The minimum Gasteiger partial charge on any atom is -0.461 e. The Morgan fingerprint density at radius 3 is 3.20 bits per heavy atom. The Morgan fingerprint density at radius 1 is 1.73 bits per heavy atom. The fourth-order valence-corrected chi connectivity index (χ4v) is 2.34. The van der Waals surface area contributed by atoms with Gasteiger partial charge in [-0.25, -0.2) is 4.79 Å². The van der Waals surface area contributed by atoms with E-state index in [-0.39, 0.29) is 17.9 Å². The number of nitrogens with one attached hydrogen (secondary N) is 1. The Labute approximate surface area is 96.2 Å². The van der Waals surface area contributed by atoms with Crippen LogP contribution in [0.15, 0.2) is 27.4 Å². The minimum absolute atomic E-state index is 0.0591. The van der Waals surface area contributed by atoms with Crippen LogP contribution in [0.25, 0.3) is 0 Å². The average molecular weight is 271 g/mol. The highest BCUT2D eigenvalue weighted by molar-refractivity contribution is 9.11. The Morgan fingerprint density at radius 2 is 2.53 bits per heavy atom. The topological polar surface area (TPSA) is 50.7 Å². The molecule has 0 saturated heterocycles. The molecule has 2 aliphatic heterocycles. The normalized spacial score (nSPS) is 27.6. The maximum atomic E-state index is 11.6. The standard InChI is InChI=1S/C10H11BrN2O2/c1-2-15-10(14)9-8(11)6-3-4-12-5-7(6)13-9/h3-7,13H,2H2,1H3. The first-order valence-electron chi connectivity index (χ1n) is 4.77. The molecule has 4 nitrogen and oxygen atoms in total. The fourth-order valence-electron chi connectivity index (χ4n) is 1.63. The third-order valence-electron chi connectivity index (χ3n) is 2.34. The van der Waals surface area contributed by atoms with Crippen molar-refractivity contribution in [2.45, 2.75) is 13.0 Å². The molecule has 15 heavy (non-hydrogen) atoms. The third-order valence-corrected chi connectivity index (χ3v) is 3.26. The monoisotopic (exact) mass is 270 g/mol. The van der Waals surface area contributed by atoms with E-state index >= 15 is 0 Å². The van der Waals surface area contributed by atoms with E-state index in [0.717, 1.165) is 4.48 Å². The van der Waals surface area contributed by atoms with Crippen molar-refractivity contribution in [2.24, 2.45) is 10.9 Å². The summed E-state index contributed by atoms with van der Waals surface area (Å²) in [5.74, 6) is -0.164. The van der Waals surface area contributed by atoms with Crippen molar-refractivity contribution in [3.63, 3.8) is 0 Å². The van der Waals surface area contributed by atoms with Crippen molar-refractivity contribution < 1.29 is 9.53 Å². The molecule has 0 aromatic heterocycles. The molecule has 0 bridgehead atoms. The maximum absolute atomic E-state index is 11.6. The van der Waals surface area contributed by atoms with Crippen LogP contribution in [0, 0.1) is 5.92 Å². The number of esters is 1. The van der Waals surface area contributed by atoms with Gasteiger partial charge in [0.15, 0.2) is 0 Å². The van der Waals surface area contributed by atoms with Crippen molar-refractivity contribution >= 4 is 28.1 Å². The molecule has 2 atom stereocenters. The van der Waals surface area contributed by atoms with Crippen LogP contribution in [0.4, 0.5) is 0 Å². The van der Waals surface area contributed by atoms with Crippen molar-refractivity contribution in [1.29, 1.82) is 0 Å². The number of nitrogens with zero attached hydrogens (tertiary/aromatic N) is 1. The molecule has 0 fully saturated rings. The van der Waals surface area contributed by atoms with E-state index in [2.05, 4.69) is 26.2 Å². The van der Waals surface area contributed by atoms with Gasteiger partial charge in [0.2, 0.25) is 0 Å². The van der Waals surface area contributed by atoms with Crippen LogP contribution >= 0.6 is 15.9 Å². The van der Waals surface area contributed by atoms with Gasteiger partial charge in [0, 0.05) is 22.8 Å². The lowest BCUT2D eigenvalue weighted by atomic mass is 10.0. The van der Waals surface area contributed by atoms with E-state index in [1.54, 1.807) is 19.3 Å². The number of aliphatic imine (C=N–C) groups is 1. The molecule has 0 spiro atoms. The number of carbonyl (C=O) groups excluding carboxylic acids is 1. The average Bonchev–Trinajstić information content (AvgIpc) is 2.57. The lowest BCUT2D eigenvalue weighted by molar-refractivity contribution is -0.138. The van der Waals surface area contributed by atoms with Gasteiger partial charge < -0.3 is 10.1 Å². The zero-order valence-electron chi connectivity index (χ0n) is 8.24. The van der Waals surface area contributed by atoms with Crippen molar-refractivity contribution in [1.82, 2.24) is 5.32 Å². The maximum Gasteiger partial charge on any atom is 0.355 e. The van der Waals surface area contributed by atoms with E-state index in [4.69, 9.17) is 4.74 Å². The van der Waals surface area contributed by atoms with Crippen molar-refractivity contribution in [2.75, 3.05) is 6.61 Å². The van der Waals surface area contributed by atoms with Crippen LogP contribution in [0.1, 0.15) is 6.92 Å². The lowest BCUT2D eigenvalue weighted by Crippen LogP contribution is -2.32. The first kappa shape index (κ1) is 10.4. The van der Waals surface area contributed by atoms with E-state index in [9.17, 15) is 4.79 Å². The summed E-state index contributed by atoms with van der Waals surface area (Å²) >= 11 is 3.42. The number of ether oxygens (including phenoxy) is 1. The van der Waals surface area contributed by atoms with Gasteiger partial charge in [-0.1, -0.05) is 22.0 Å². The smallest absolute Gasteiger partial charge is 0.355 e. The quantitative estimate of drug-likeness (QED) is 0.771. The van der Waals surface area contributed by atoms with Gasteiger partial charge in [0.05, 0.1) is 12.6 Å². The Bertz CT molecular complexity index is 374. The highest BCUT2D eigenvalue weighted by Crippen LogP contribution is 2.33. The van der Waals surface area contributed by atoms with Gasteiger partial charge in [-0.15, -0.1) is 0 Å². The molecule has 0 aromatic carbocycles. The molecule has 0 aromatic rings. The molecule has 1 N–H and O–H groups in total. The van der Waals surface area contributed by atoms with E-state index < -0.39 is 0 Å². The zero-order chi connectivity index (χ0) is 10.8. The highest BCUT2D eigenvalue weighted by atomic mass is 79.9. The third kappa shape index (κ3) is 1.84. The van der Waals surface area contributed by atoms with Crippen LogP contribution in [0.2, 0.25) is 0 Å². The first-order valence-corrected chi connectivity index (χ1v) is 5.56. The lowest BCUT2D eigenvalue weighted by Gasteiger charge is -2.15. The van der Waals surface area contributed by atoms with Gasteiger partial charge in [0.1, 0.15) is 5.70 Å². The van der Waals surface area contributed by atoms with Gasteiger partial charge in [-0.3, -0.25) is 4.99 Å². The SMILES string of the molecule is CCOC(=O)C1=C(Br)C2C=CN=CC2N1. The molecule has 2 rings (SSSR count). The summed E-state index contributed by atoms with van der Waals surface area (Å²) in [4.78, 5) is 15.6. The predicted octanol–water partition coefficient (Wildman–Crippen LogP) is 1.34. The molecular weight excluding hydrogens is 260 g/mol. The van der Waals surface area contributed by atoms with E-state index in [1.807, 2.05) is 6.08 Å². The molecule has 0 saturated carbocycles. The molecule has 80 valence electrons. The van der Waals surface area contributed by atoms with Gasteiger partial charge in [-0.05, 0) is 6.92 Å². The first-order chi connectivity index (χ1) is 7.24. The minimum atomic E-state index is -0.319. The molecule has 2 heterocycles. The molecular formula is C10H11BrN2O2. The summed E-state index contributed by atoms with van der Waals surface area (Å²) in [7, 11) is 0. The van der Waals surface area contributed by atoms with Gasteiger partial charge in [-0.2, -0.15) is 0 Å². The predicted molar refractivity (Wildman–Crippen MR) is 60.6 cm³/mol. The molecule has 0 aliphatic carbocycles. The number of carbonyl (C=O) groups is 1. The molecule has 2 aliphatic rings. The zero-order valence-corrected chi connectivity index (χ0v) is 9.82. The molecule has 0 amide bonds. The summed E-state index contributed by atoms with van der Waals surface area (Å²) in [5, 5.41) is 3.08. The Hall–Kier alpha value is -1.10. The summed E-state index contributed by atoms with van der Waals surface area (Å²) in [6.45, 7) is 2.17. The van der Waals surface area contributed by atoms with Crippen LogP contribution in [0.3, 0.4) is 0 Å². The second kappa shape index (κ2) is 4.18. The largest absolute Gasteiger partial charge is 0.461 e.